The highest BCUT2D eigenvalue weighted by Gasteiger charge is 2.32. The zero-order valence-electron chi connectivity index (χ0n) is 20.8. The molecule has 10 heteroatoms. The molecule has 2 N–H and O–H groups in total. The molecule has 7 nitrogen and oxygen atoms in total. The highest BCUT2D eigenvalue weighted by atomic mass is 19.4. The Morgan fingerprint density at radius 3 is 2.46 bits per heavy atom. The van der Waals surface area contributed by atoms with Gasteiger partial charge in [0.15, 0.2) is 5.78 Å². The number of methoxy groups -OCH3 is 1. The van der Waals surface area contributed by atoms with Crippen LogP contribution in [0.3, 0.4) is 0 Å². The molecule has 1 atom stereocenters. The summed E-state index contributed by atoms with van der Waals surface area (Å²) in [5.41, 5.74) is 1.28. The number of aryl methyl sites for hydroxylation is 1. The topological polar surface area (TPSA) is 104 Å². The highest BCUT2D eigenvalue weighted by molar-refractivity contribution is 6.05. The molecule has 0 bridgehead atoms. The van der Waals surface area contributed by atoms with Crippen molar-refractivity contribution in [3.63, 3.8) is 0 Å². The van der Waals surface area contributed by atoms with E-state index >= 15 is 0 Å². The predicted molar refractivity (Wildman–Crippen MR) is 138 cm³/mol. The number of carbonyl (C=O) groups is 1. The second kappa shape index (κ2) is 9.68. The number of carbonyl (C=O) groups excluding carboxylic acids is 1. The van der Waals surface area contributed by atoms with E-state index in [1.807, 2.05) is 12.1 Å². The molecule has 5 aromatic rings. The molecule has 0 amide bonds. The van der Waals surface area contributed by atoms with E-state index in [2.05, 4.69) is 10.1 Å². The monoisotopic (exact) mass is 530 g/mol. The van der Waals surface area contributed by atoms with Crippen molar-refractivity contribution in [2.45, 2.75) is 19.0 Å². The number of benzene rings is 3. The molecule has 0 saturated carbocycles. The summed E-state index contributed by atoms with van der Waals surface area (Å²) in [6.07, 6.45) is -4.59. The van der Waals surface area contributed by atoms with Gasteiger partial charge in [-0.2, -0.15) is 18.4 Å². The summed E-state index contributed by atoms with van der Waals surface area (Å²) >= 11 is 0. The smallest absolute Gasteiger partial charge is 0.416 e. The molecule has 3 aromatic carbocycles. The van der Waals surface area contributed by atoms with Crippen molar-refractivity contribution in [2.24, 2.45) is 0 Å². The van der Waals surface area contributed by atoms with Crippen LogP contribution in [0.25, 0.3) is 16.6 Å². The molecule has 0 aliphatic heterocycles. The molecule has 2 heterocycles. The van der Waals surface area contributed by atoms with Crippen LogP contribution >= 0.6 is 0 Å². The first kappa shape index (κ1) is 25.6. The second-order valence-corrected chi connectivity index (χ2v) is 8.99. The normalized spacial score (nSPS) is 12.3. The van der Waals surface area contributed by atoms with E-state index in [1.54, 1.807) is 19.1 Å². The van der Waals surface area contributed by atoms with E-state index in [0.717, 1.165) is 22.3 Å². The van der Waals surface area contributed by atoms with Crippen molar-refractivity contribution in [3.8, 4) is 17.5 Å². The minimum Gasteiger partial charge on any atom is -0.497 e. The van der Waals surface area contributed by atoms with E-state index in [0.29, 0.717) is 33.5 Å². The summed E-state index contributed by atoms with van der Waals surface area (Å²) in [6, 6.07) is 19.0. The Bertz CT molecular complexity index is 1800. The van der Waals surface area contributed by atoms with Gasteiger partial charge in [-0.3, -0.25) is 14.7 Å². The number of hydrogen-bond acceptors (Lipinski definition) is 4. The number of rotatable bonds is 6. The van der Waals surface area contributed by atoms with E-state index in [-0.39, 0.29) is 17.2 Å². The SMILES string of the molecule is COc1ccc2[nH]c(C)c(C(C(=O)c3ccc(C#N)cc3)c3cc(=O)n(-c4cccc(C(F)(F)F)c4)[nH]3)c2c1. The number of nitrogens with zero attached hydrogens (tertiary/aromatic N) is 2. The largest absolute Gasteiger partial charge is 0.497 e. The molecular weight excluding hydrogens is 509 g/mol. The summed E-state index contributed by atoms with van der Waals surface area (Å²) in [5.74, 6) is -0.843. The molecule has 39 heavy (non-hydrogen) atoms. The van der Waals surface area contributed by atoms with Crippen molar-refractivity contribution in [3.05, 3.63) is 117 Å². The molecule has 0 saturated heterocycles. The number of halogens is 3. The third kappa shape index (κ3) is 4.70. The molecule has 2 aromatic heterocycles. The predicted octanol–water partition coefficient (Wildman–Crippen LogP) is 5.87. The van der Waals surface area contributed by atoms with Crippen molar-refractivity contribution < 1.29 is 22.7 Å². The van der Waals surface area contributed by atoms with Crippen LogP contribution in [-0.2, 0) is 6.18 Å². The maximum atomic E-state index is 14.0. The van der Waals surface area contributed by atoms with Crippen LogP contribution in [0.15, 0.2) is 77.6 Å². The fourth-order valence-corrected chi connectivity index (χ4v) is 4.70. The van der Waals surface area contributed by atoms with Gasteiger partial charge in [0.05, 0.1) is 41.6 Å². The van der Waals surface area contributed by atoms with Gasteiger partial charge in [-0.05, 0) is 61.0 Å². The Balaban J connectivity index is 1.71. The van der Waals surface area contributed by atoms with Crippen LogP contribution in [0.2, 0.25) is 0 Å². The van der Waals surface area contributed by atoms with Gasteiger partial charge in [0.1, 0.15) is 5.75 Å². The summed E-state index contributed by atoms with van der Waals surface area (Å²) in [4.78, 5) is 30.3. The summed E-state index contributed by atoms with van der Waals surface area (Å²) in [6.45, 7) is 1.79. The number of hydrogen-bond donors (Lipinski definition) is 2. The van der Waals surface area contributed by atoms with Crippen molar-refractivity contribution >= 4 is 16.7 Å². The van der Waals surface area contributed by atoms with Crippen molar-refractivity contribution in [2.75, 3.05) is 7.11 Å². The molecule has 0 aliphatic carbocycles. The van der Waals surface area contributed by atoms with Gasteiger partial charge < -0.3 is 9.72 Å². The molecule has 0 radical (unpaired) electrons. The van der Waals surface area contributed by atoms with Crippen LogP contribution in [-0.4, -0.2) is 27.7 Å². The molecule has 5 rings (SSSR count). The molecular formula is C29H21F3N4O3. The van der Waals surface area contributed by atoms with Crippen molar-refractivity contribution in [1.29, 1.82) is 5.26 Å². The number of aromatic amines is 2. The number of H-pyrrole nitrogens is 2. The van der Waals surface area contributed by atoms with Gasteiger partial charge in [-0.15, -0.1) is 0 Å². The molecule has 1 unspecified atom stereocenters. The number of ether oxygens (including phenoxy) is 1. The average Bonchev–Trinajstić information content (AvgIpc) is 3.47. The van der Waals surface area contributed by atoms with Crippen LogP contribution in [0.1, 0.15) is 44.4 Å². The first-order valence-corrected chi connectivity index (χ1v) is 11.8. The van der Waals surface area contributed by atoms with Crippen LogP contribution in [0.5, 0.6) is 5.75 Å². The first-order chi connectivity index (χ1) is 18.6. The Morgan fingerprint density at radius 1 is 1.05 bits per heavy atom. The summed E-state index contributed by atoms with van der Waals surface area (Å²) < 4.78 is 46.3. The number of Topliss-reactive ketones (excluding diaryl/α,β-unsaturated/α-hetero) is 1. The molecule has 196 valence electrons. The highest BCUT2D eigenvalue weighted by Crippen LogP contribution is 2.37. The number of nitriles is 1. The standard InChI is InChI=1S/C29H21F3N4O3/c1-16-26(22-13-21(39-2)10-11-23(22)34-16)27(28(38)18-8-6-17(15-33)7-9-18)24-14-25(37)36(35-24)20-5-3-4-19(12-20)29(30,31)32/h3-14,27,34-35H,1-2H3. The van der Waals surface area contributed by atoms with Gasteiger partial charge in [0.2, 0.25) is 0 Å². The van der Waals surface area contributed by atoms with Crippen molar-refractivity contribution in [1.82, 2.24) is 14.8 Å². The van der Waals surface area contributed by atoms with Gasteiger partial charge >= 0.3 is 6.18 Å². The van der Waals surface area contributed by atoms with E-state index in [1.165, 1.54) is 49.6 Å². The Kier molecular flexibility index (Phi) is 6.36. The van der Waals surface area contributed by atoms with Crippen LogP contribution < -0.4 is 10.3 Å². The molecule has 0 fully saturated rings. The van der Waals surface area contributed by atoms with E-state index in [4.69, 9.17) is 10.00 Å². The maximum absolute atomic E-state index is 14.0. The molecule has 0 aliphatic rings. The fourth-order valence-electron chi connectivity index (χ4n) is 4.70. The third-order valence-electron chi connectivity index (χ3n) is 6.58. The lowest BCUT2D eigenvalue weighted by molar-refractivity contribution is -0.137. The third-order valence-corrected chi connectivity index (χ3v) is 6.58. The van der Waals surface area contributed by atoms with Crippen LogP contribution in [0.4, 0.5) is 13.2 Å². The number of ketones is 1. The number of nitrogens with one attached hydrogen (secondary N) is 2. The Labute approximate surface area is 220 Å². The maximum Gasteiger partial charge on any atom is 0.416 e. The van der Waals surface area contributed by atoms with Gasteiger partial charge in [-0.1, -0.05) is 18.2 Å². The minimum atomic E-state index is -4.59. The first-order valence-electron chi connectivity index (χ1n) is 11.8. The lowest BCUT2D eigenvalue weighted by Crippen LogP contribution is -2.17. The number of alkyl halides is 3. The zero-order valence-corrected chi connectivity index (χ0v) is 20.8. The Morgan fingerprint density at radius 2 is 1.79 bits per heavy atom. The zero-order chi connectivity index (χ0) is 27.9. The minimum absolute atomic E-state index is 0.0250. The van der Waals surface area contributed by atoms with Gasteiger partial charge in [0.25, 0.3) is 5.56 Å². The lowest BCUT2D eigenvalue weighted by atomic mass is 9.86. The Hall–Kier alpha value is -5.04. The van der Waals surface area contributed by atoms with Gasteiger partial charge in [-0.25, -0.2) is 4.68 Å². The summed E-state index contributed by atoms with van der Waals surface area (Å²) in [7, 11) is 1.52. The lowest BCUT2D eigenvalue weighted by Gasteiger charge is -2.16. The van der Waals surface area contributed by atoms with E-state index in [9.17, 15) is 22.8 Å². The fraction of sp³-hybridized carbons (Fsp3) is 0.138. The van der Waals surface area contributed by atoms with Gasteiger partial charge in [0, 0.05) is 28.2 Å². The van der Waals surface area contributed by atoms with E-state index < -0.39 is 23.2 Å². The average molecular weight is 531 g/mol. The molecule has 0 spiro atoms. The summed E-state index contributed by atoms with van der Waals surface area (Å²) in [5, 5.41) is 12.7. The number of aromatic nitrogens is 3. The second-order valence-electron chi connectivity index (χ2n) is 8.99. The quantitative estimate of drug-likeness (QED) is 0.268. The van der Waals surface area contributed by atoms with Crippen LogP contribution in [0, 0.1) is 18.3 Å². The number of fused-ring (bicyclic) bond motifs is 1.